The Labute approximate surface area is 380 Å². The summed E-state index contributed by atoms with van der Waals surface area (Å²) in [5.41, 5.74) is 8.88. The van der Waals surface area contributed by atoms with Crippen molar-refractivity contribution in [3.8, 4) is 34.3 Å². The number of nitrogens with zero attached hydrogens (tertiary/aromatic N) is 10. The van der Waals surface area contributed by atoms with Gasteiger partial charge >= 0.3 is 0 Å². The van der Waals surface area contributed by atoms with Crippen LogP contribution in [-0.2, 0) is 20.6 Å². The van der Waals surface area contributed by atoms with Gasteiger partial charge in [0.2, 0.25) is 11.9 Å². The zero-order valence-corrected chi connectivity index (χ0v) is 38.1. The van der Waals surface area contributed by atoms with Crippen molar-refractivity contribution in [2.75, 3.05) is 65.1 Å². The van der Waals surface area contributed by atoms with Gasteiger partial charge in [0, 0.05) is 80.1 Å². The van der Waals surface area contributed by atoms with Crippen LogP contribution in [0.2, 0.25) is 0 Å². The number of aryl methyl sites for hydroxylation is 4. The predicted octanol–water partition coefficient (Wildman–Crippen LogP) is 5.06. The maximum absolute atomic E-state index is 13.6. The Balaban J connectivity index is 0.820. The molecule has 0 aliphatic carbocycles. The van der Waals surface area contributed by atoms with Gasteiger partial charge in [-0.1, -0.05) is 12.1 Å². The number of carbonyl (C=O) groups excluding carboxylic acids is 2. The van der Waals surface area contributed by atoms with Gasteiger partial charge in [0.05, 0.1) is 54.3 Å². The largest absolute Gasteiger partial charge is 0.496 e. The Kier molecular flexibility index (Phi) is 11.8. The molecule has 8 aromatic rings. The van der Waals surface area contributed by atoms with Crippen LogP contribution in [-0.4, -0.2) is 132 Å². The summed E-state index contributed by atoms with van der Waals surface area (Å²) >= 11 is 0. The van der Waals surface area contributed by atoms with Crippen molar-refractivity contribution in [2.45, 2.75) is 26.4 Å². The topological polar surface area (TPSA) is 226 Å². The van der Waals surface area contributed by atoms with Gasteiger partial charge in [-0.15, -0.1) is 10.2 Å². The molecule has 66 heavy (non-hydrogen) atoms. The summed E-state index contributed by atoms with van der Waals surface area (Å²) in [6.07, 6.45) is 1.81. The molecule has 4 aromatic heterocycles. The molecule has 1 aliphatic rings. The van der Waals surface area contributed by atoms with Gasteiger partial charge in [-0.2, -0.15) is 20.2 Å². The zero-order valence-electron chi connectivity index (χ0n) is 38.1. The number of aromatic nitrogens is 10. The van der Waals surface area contributed by atoms with Gasteiger partial charge < -0.3 is 35.6 Å². The Morgan fingerprint density at radius 3 is 2.02 bits per heavy atom. The maximum Gasteiger partial charge on any atom is 0.255 e. The van der Waals surface area contributed by atoms with E-state index < -0.39 is 0 Å². The molecule has 0 bridgehead atoms. The number of methoxy groups -OCH3 is 2. The molecule has 5 heterocycles. The third-order valence-corrected chi connectivity index (χ3v) is 11.9. The summed E-state index contributed by atoms with van der Waals surface area (Å²) in [5.74, 6) is 2.52. The second kappa shape index (κ2) is 18.0. The molecule has 340 valence electrons. The van der Waals surface area contributed by atoms with Gasteiger partial charge in [0.15, 0.2) is 11.6 Å². The lowest BCUT2D eigenvalue weighted by molar-refractivity contribution is 0.0790. The Morgan fingerprint density at radius 1 is 0.788 bits per heavy atom. The van der Waals surface area contributed by atoms with Crippen molar-refractivity contribution in [3.05, 3.63) is 94.8 Å². The summed E-state index contributed by atoms with van der Waals surface area (Å²) in [6, 6.07) is 18.5. The minimum Gasteiger partial charge on any atom is -0.496 e. The lowest BCUT2D eigenvalue weighted by Gasteiger charge is -2.39. The summed E-state index contributed by atoms with van der Waals surface area (Å²) in [7, 11) is 10.6. The average Bonchev–Trinajstić information content (AvgIpc) is 4.11. The molecule has 1 aliphatic heterocycles. The molecule has 1 fully saturated rings. The van der Waals surface area contributed by atoms with Gasteiger partial charge in [-0.3, -0.25) is 24.7 Å². The molecule has 0 unspecified atom stereocenters. The van der Waals surface area contributed by atoms with Crippen LogP contribution in [0.15, 0.2) is 66.9 Å². The molecule has 20 nitrogen and oxygen atoms in total. The maximum atomic E-state index is 13.6. The normalized spacial score (nSPS) is 13.0. The molecule has 0 saturated carbocycles. The molecule has 0 radical (unpaired) electrons. The van der Waals surface area contributed by atoms with Gasteiger partial charge in [-0.25, -0.2) is 9.36 Å². The number of amides is 2. The van der Waals surface area contributed by atoms with Crippen molar-refractivity contribution < 1.29 is 19.1 Å². The van der Waals surface area contributed by atoms with Crippen molar-refractivity contribution in [2.24, 2.45) is 14.1 Å². The lowest BCUT2D eigenvalue weighted by Crippen LogP contribution is -2.58. The van der Waals surface area contributed by atoms with E-state index in [0.29, 0.717) is 83.5 Å². The smallest absolute Gasteiger partial charge is 0.255 e. The van der Waals surface area contributed by atoms with E-state index in [1.54, 1.807) is 46.9 Å². The monoisotopic (exact) mass is 892 g/mol. The fraction of sp³-hybridized carbons (Fsp3) is 0.304. The number of rotatable bonds is 16. The number of hydrogen-bond donors (Lipinski definition) is 6. The lowest BCUT2D eigenvalue weighted by atomic mass is 10.0. The number of H-pyrrole nitrogens is 2. The number of nitrogens with one attached hydrogen (secondary N) is 6. The van der Waals surface area contributed by atoms with E-state index in [1.165, 1.54) is 7.11 Å². The fourth-order valence-electron chi connectivity index (χ4n) is 8.17. The summed E-state index contributed by atoms with van der Waals surface area (Å²) < 4.78 is 14.6. The molecule has 9 rings (SSSR count). The molecule has 4 aromatic carbocycles. The van der Waals surface area contributed by atoms with Crippen molar-refractivity contribution in [3.63, 3.8) is 0 Å². The first-order chi connectivity index (χ1) is 31.9. The second-order valence-corrected chi connectivity index (χ2v) is 16.7. The van der Waals surface area contributed by atoms with Crippen molar-refractivity contribution in [1.29, 1.82) is 0 Å². The Hall–Kier alpha value is -7.84. The first-order valence-corrected chi connectivity index (χ1v) is 21.5. The molecule has 0 atom stereocenters. The van der Waals surface area contributed by atoms with Gasteiger partial charge in [0.25, 0.3) is 11.8 Å². The van der Waals surface area contributed by atoms with Crippen LogP contribution in [0.25, 0.3) is 44.6 Å². The third-order valence-electron chi connectivity index (χ3n) is 11.9. The standard InChI is InChI=1S/C46H52N16O4/c1-25-32-21-48-54-35(32)15-13-33(25)50-45-52-42(57-60(45)5)28-10-12-31(39(20-28)66-8)44(64)49-29-22-62(23-29)24-37-40-26(2)34(14-16-36(40)55-56-37)51-46-53-41(58-61(46)6)27-9-11-30(38(19-27)65-7)43(63)47-17-18-59(3)4/h9-16,19-21,29H,17-18,22-24H2,1-8H3,(H,47,63)(H,48,54)(H,49,64)(H,55,56)(H,50,52,57)(H,51,53,58). The van der Waals surface area contributed by atoms with Gasteiger partial charge in [0.1, 0.15) is 11.5 Å². The summed E-state index contributed by atoms with van der Waals surface area (Å²) in [6.45, 7) is 7.28. The van der Waals surface area contributed by atoms with Gasteiger partial charge in [-0.05, 0) is 87.6 Å². The highest BCUT2D eigenvalue weighted by Crippen LogP contribution is 2.33. The number of carbonyl (C=O) groups is 2. The second-order valence-electron chi connectivity index (χ2n) is 16.7. The first-order valence-electron chi connectivity index (χ1n) is 21.5. The fourth-order valence-corrected chi connectivity index (χ4v) is 8.17. The van der Waals surface area contributed by atoms with E-state index in [9.17, 15) is 9.59 Å². The number of likely N-dealkylation sites (N-methyl/N-ethyl adjacent to an activating group) is 1. The highest BCUT2D eigenvalue weighted by Gasteiger charge is 2.30. The number of aromatic amines is 2. The highest BCUT2D eigenvalue weighted by molar-refractivity contribution is 5.98. The molecule has 0 spiro atoms. The Morgan fingerprint density at radius 2 is 1.39 bits per heavy atom. The number of likely N-dealkylation sites (tertiary alicyclic amines) is 1. The number of anilines is 4. The SMILES string of the molecule is COc1cc(-c2nc(Nc3ccc4n[nH]c(CN5CC(NC(=O)c6ccc(-c7nc(Nc8ccc9[nH]ncc9c8C)n(C)n7)cc6OC)C5)c4c3C)n(C)n2)ccc1C(=O)NCCN(C)C. The number of fused-ring (bicyclic) bond motifs is 2. The van der Waals surface area contributed by atoms with Crippen LogP contribution in [0.1, 0.15) is 37.5 Å². The summed E-state index contributed by atoms with van der Waals surface area (Å²) in [4.78, 5) is 40.2. The minimum atomic E-state index is -0.218. The van der Waals surface area contributed by atoms with E-state index in [0.717, 1.165) is 56.5 Å². The molecule has 1 saturated heterocycles. The van der Waals surface area contributed by atoms with E-state index in [4.69, 9.17) is 19.4 Å². The van der Waals surface area contributed by atoms with Crippen LogP contribution in [0.5, 0.6) is 11.5 Å². The van der Waals surface area contributed by atoms with Crippen LogP contribution in [0.4, 0.5) is 23.3 Å². The van der Waals surface area contributed by atoms with E-state index >= 15 is 0 Å². The molecular weight excluding hydrogens is 841 g/mol. The molecular formula is C46H52N16O4. The van der Waals surface area contributed by atoms with Crippen molar-refractivity contribution in [1.82, 2.24) is 70.4 Å². The molecule has 6 N–H and O–H groups in total. The average molecular weight is 893 g/mol. The van der Waals surface area contributed by atoms with Crippen LogP contribution < -0.4 is 30.7 Å². The third kappa shape index (κ3) is 8.58. The van der Waals surface area contributed by atoms with Crippen LogP contribution in [0.3, 0.4) is 0 Å². The minimum absolute atomic E-state index is 0.0447. The number of ether oxygens (including phenoxy) is 2. The predicted molar refractivity (Wildman–Crippen MR) is 252 cm³/mol. The van der Waals surface area contributed by atoms with E-state index in [-0.39, 0.29) is 17.9 Å². The Bertz CT molecular complexity index is 3100. The molecule has 20 heteroatoms. The first kappa shape index (κ1) is 43.4. The van der Waals surface area contributed by atoms with E-state index in [2.05, 4.69) is 63.7 Å². The van der Waals surface area contributed by atoms with Crippen LogP contribution >= 0.6 is 0 Å². The highest BCUT2D eigenvalue weighted by atomic mass is 16.5. The zero-order chi connectivity index (χ0) is 46.2. The number of hydrogen-bond acceptors (Lipinski definition) is 14. The van der Waals surface area contributed by atoms with Crippen molar-refractivity contribution >= 4 is 56.9 Å². The number of benzene rings is 4. The quantitative estimate of drug-likeness (QED) is 0.0747. The summed E-state index contributed by atoms with van der Waals surface area (Å²) in [5, 5.41) is 39.3. The van der Waals surface area contributed by atoms with E-state index in [1.807, 2.05) is 76.4 Å². The molecule has 2 amide bonds. The van der Waals surface area contributed by atoms with Crippen LogP contribution in [0, 0.1) is 13.8 Å².